The molecule has 1 fully saturated rings. The molecule has 2 aromatic carbocycles. The van der Waals surface area contributed by atoms with E-state index in [1.54, 1.807) is 6.92 Å². The summed E-state index contributed by atoms with van der Waals surface area (Å²) in [6.45, 7) is 12.2. The Balaban J connectivity index is 1.42. The molecule has 0 radical (unpaired) electrons. The molecule has 3 unspecified atom stereocenters. The molecule has 4 atom stereocenters. The number of amides is 3. The molecule has 268 valence electrons. The van der Waals surface area contributed by atoms with Gasteiger partial charge in [0.25, 0.3) is 5.91 Å². The fourth-order valence-corrected chi connectivity index (χ4v) is 6.36. The fraction of sp³-hybridized carbons (Fsp3) is 0.472. The zero-order chi connectivity index (χ0) is 35.8. The first kappa shape index (κ1) is 36.6. The summed E-state index contributed by atoms with van der Waals surface area (Å²) >= 11 is 0. The van der Waals surface area contributed by atoms with Gasteiger partial charge in [0, 0.05) is 44.2 Å². The highest BCUT2D eigenvalue weighted by atomic mass is 16.6. The summed E-state index contributed by atoms with van der Waals surface area (Å²) in [7, 11) is 0. The van der Waals surface area contributed by atoms with E-state index in [0.717, 1.165) is 11.1 Å². The maximum Gasteiger partial charge on any atom is 0.315 e. The van der Waals surface area contributed by atoms with Crippen LogP contribution in [0, 0.1) is 0 Å². The van der Waals surface area contributed by atoms with Crippen LogP contribution in [0.5, 0.6) is 0 Å². The minimum absolute atomic E-state index is 0.00125. The SMILES string of the molecule is CCNC(=O)[C@H]1OC(n2cnc3c(NCC(c4ccccc4)c4ccccc4)nc(CNC(=O)NCCN(C(C)C)C(C)C)nc32)C(O)C1O. The number of hydrogen-bond donors (Lipinski definition) is 6. The van der Waals surface area contributed by atoms with E-state index in [1.807, 2.05) is 36.4 Å². The predicted molar refractivity (Wildman–Crippen MR) is 190 cm³/mol. The van der Waals surface area contributed by atoms with Crippen LogP contribution in [0.1, 0.15) is 63.7 Å². The lowest BCUT2D eigenvalue weighted by Gasteiger charge is -2.30. The molecule has 1 aliphatic rings. The van der Waals surface area contributed by atoms with Gasteiger partial charge in [0.15, 0.2) is 35.1 Å². The van der Waals surface area contributed by atoms with Crippen molar-refractivity contribution in [3.63, 3.8) is 0 Å². The van der Waals surface area contributed by atoms with Gasteiger partial charge in [-0.15, -0.1) is 0 Å². The van der Waals surface area contributed by atoms with Crippen molar-refractivity contribution in [1.82, 2.24) is 40.4 Å². The maximum atomic E-state index is 12.8. The zero-order valence-electron chi connectivity index (χ0n) is 29.3. The Labute approximate surface area is 292 Å². The third-order valence-electron chi connectivity index (χ3n) is 8.86. The molecule has 0 spiro atoms. The Hall–Kier alpha value is -4.63. The minimum Gasteiger partial charge on any atom is -0.387 e. The van der Waals surface area contributed by atoms with E-state index in [2.05, 4.69) is 83.1 Å². The van der Waals surface area contributed by atoms with E-state index < -0.39 is 30.4 Å². The van der Waals surface area contributed by atoms with Gasteiger partial charge < -0.3 is 36.2 Å². The predicted octanol–water partition coefficient (Wildman–Crippen LogP) is 2.74. The van der Waals surface area contributed by atoms with Crippen molar-refractivity contribution in [2.24, 2.45) is 0 Å². The summed E-state index contributed by atoms with van der Waals surface area (Å²) in [6.07, 6.45) is -3.89. The molecule has 5 rings (SSSR count). The Kier molecular flexibility index (Phi) is 12.4. The first-order valence-electron chi connectivity index (χ1n) is 17.2. The second-order valence-electron chi connectivity index (χ2n) is 12.9. The smallest absolute Gasteiger partial charge is 0.315 e. The quantitative estimate of drug-likeness (QED) is 0.109. The Morgan fingerprint density at radius 1 is 0.900 bits per heavy atom. The topological polar surface area (TPSA) is 179 Å². The number of urea groups is 1. The number of fused-ring (bicyclic) bond motifs is 1. The van der Waals surface area contributed by atoms with Crippen molar-refractivity contribution in [1.29, 1.82) is 0 Å². The Morgan fingerprint density at radius 2 is 1.54 bits per heavy atom. The zero-order valence-corrected chi connectivity index (χ0v) is 29.3. The molecule has 14 heteroatoms. The number of anilines is 1. The van der Waals surface area contributed by atoms with E-state index in [9.17, 15) is 19.8 Å². The van der Waals surface area contributed by atoms with Crippen molar-refractivity contribution < 1.29 is 24.5 Å². The second-order valence-corrected chi connectivity index (χ2v) is 12.9. The number of rotatable bonds is 15. The van der Waals surface area contributed by atoms with Crippen molar-refractivity contribution in [2.45, 2.75) is 83.7 Å². The molecule has 3 amide bonds. The van der Waals surface area contributed by atoms with Crippen LogP contribution in [0.15, 0.2) is 67.0 Å². The summed E-state index contributed by atoms with van der Waals surface area (Å²) < 4.78 is 7.37. The second kappa shape index (κ2) is 16.9. The summed E-state index contributed by atoms with van der Waals surface area (Å²) in [5.41, 5.74) is 2.92. The van der Waals surface area contributed by atoms with Crippen LogP contribution in [0.2, 0.25) is 0 Å². The normalized spacial score (nSPS) is 19.1. The van der Waals surface area contributed by atoms with Crippen molar-refractivity contribution in [3.8, 4) is 0 Å². The molecule has 1 saturated heterocycles. The lowest BCUT2D eigenvalue weighted by atomic mass is 9.91. The standard InChI is InChI=1S/C36H49N9O5/c1-6-37-34(48)31-29(46)30(47)35(50-31)45-21-41-28-32(39-19-26(24-13-9-7-10-14-24)25-15-11-8-12-16-25)42-27(43-33(28)45)20-40-36(49)38-17-18-44(22(2)3)23(4)5/h7-16,21-23,26,29-31,35,46-47H,6,17-20H2,1-5H3,(H,37,48)(H2,38,40,49)(H,39,42,43)/t29?,30?,31-,35?/m0/s1. The van der Waals surface area contributed by atoms with Gasteiger partial charge >= 0.3 is 6.03 Å². The van der Waals surface area contributed by atoms with Gasteiger partial charge in [0.2, 0.25) is 0 Å². The summed E-state index contributed by atoms with van der Waals surface area (Å²) in [4.78, 5) is 41.7. The van der Waals surface area contributed by atoms with Crippen molar-refractivity contribution >= 4 is 28.9 Å². The summed E-state index contributed by atoms with van der Waals surface area (Å²) in [5, 5.41) is 33.5. The Morgan fingerprint density at radius 3 is 2.14 bits per heavy atom. The van der Waals surface area contributed by atoms with Gasteiger partial charge in [0.1, 0.15) is 12.2 Å². The van der Waals surface area contributed by atoms with Crippen LogP contribution in [-0.2, 0) is 16.1 Å². The highest BCUT2D eigenvalue weighted by molar-refractivity contribution is 5.84. The van der Waals surface area contributed by atoms with E-state index >= 15 is 0 Å². The monoisotopic (exact) mass is 687 g/mol. The van der Waals surface area contributed by atoms with E-state index in [-0.39, 0.29) is 24.3 Å². The summed E-state index contributed by atoms with van der Waals surface area (Å²) in [6, 6.07) is 20.6. The third-order valence-corrected chi connectivity index (χ3v) is 8.86. The van der Waals surface area contributed by atoms with Crippen molar-refractivity contribution in [3.05, 3.63) is 83.9 Å². The van der Waals surface area contributed by atoms with E-state index in [1.165, 1.54) is 10.9 Å². The number of aliphatic hydroxyl groups excluding tert-OH is 2. The average molecular weight is 688 g/mol. The van der Waals surface area contributed by atoms with Crippen molar-refractivity contribution in [2.75, 3.05) is 31.5 Å². The number of aromatic nitrogens is 4. The molecule has 0 saturated carbocycles. The molecular formula is C36H49N9O5. The number of ether oxygens (including phenoxy) is 1. The minimum atomic E-state index is -1.46. The number of hydrogen-bond acceptors (Lipinski definition) is 10. The van der Waals surface area contributed by atoms with Crippen LogP contribution < -0.4 is 21.3 Å². The lowest BCUT2D eigenvalue weighted by molar-refractivity contribution is -0.137. The van der Waals surface area contributed by atoms with Gasteiger partial charge in [-0.25, -0.2) is 19.7 Å². The van der Waals surface area contributed by atoms with Gasteiger partial charge in [0.05, 0.1) is 12.9 Å². The maximum absolute atomic E-state index is 12.8. The third kappa shape index (κ3) is 8.56. The number of nitrogens with zero attached hydrogens (tertiary/aromatic N) is 5. The number of carbonyl (C=O) groups is 2. The van der Waals surface area contributed by atoms with Crippen LogP contribution in [0.3, 0.4) is 0 Å². The number of carbonyl (C=O) groups excluding carboxylic acids is 2. The fourth-order valence-electron chi connectivity index (χ4n) is 6.36. The van der Waals surface area contributed by atoms with Gasteiger partial charge in [-0.2, -0.15) is 0 Å². The molecule has 0 aliphatic carbocycles. The van der Waals surface area contributed by atoms with Crippen LogP contribution in [0.25, 0.3) is 11.2 Å². The van der Waals surface area contributed by atoms with Crippen LogP contribution >= 0.6 is 0 Å². The molecule has 0 bridgehead atoms. The molecule has 3 heterocycles. The lowest BCUT2D eigenvalue weighted by Crippen LogP contribution is -2.44. The van der Waals surface area contributed by atoms with Gasteiger partial charge in [-0.1, -0.05) is 60.7 Å². The van der Waals surface area contributed by atoms with Gasteiger partial charge in [-0.3, -0.25) is 14.3 Å². The van der Waals surface area contributed by atoms with Crippen LogP contribution in [0.4, 0.5) is 10.6 Å². The van der Waals surface area contributed by atoms with E-state index in [0.29, 0.717) is 55.2 Å². The molecule has 6 N–H and O–H groups in total. The Bertz CT molecular complexity index is 1650. The first-order valence-corrected chi connectivity index (χ1v) is 17.2. The molecule has 4 aromatic rings. The number of aliphatic hydroxyl groups is 2. The highest BCUT2D eigenvalue weighted by Gasteiger charge is 2.47. The van der Waals surface area contributed by atoms with E-state index in [4.69, 9.17) is 14.7 Å². The molecule has 14 nitrogen and oxygen atoms in total. The van der Waals surface area contributed by atoms with Gasteiger partial charge in [-0.05, 0) is 45.7 Å². The molecule has 50 heavy (non-hydrogen) atoms. The largest absolute Gasteiger partial charge is 0.387 e. The highest BCUT2D eigenvalue weighted by Crippen LogP contribution is 2.33. The molecule has 2 aromatic heterocycles. The number of nitrogens with one attached hydrogen (secondary N) is 4. The first-order chi connectivity index (χ1) is 24.1. The number of benzene rings is 2. The average Bonchev–Trinajstić information content (AvgIpc) is 3.66. The summed E-state index contributed by atoms with van der Waals surface area (Å²) in [5.74, 6) is 0.144. The molecular weight excluding hydrogens is 638 g/mol. The molecule has 1 aliphatic heterocycles. The number of imidazole rings is 1. The van der Waals surface area contributed by atoms with Crippen LogP contribution in [-0.4, -0.2) is 103 Å². The number of likely N-dealkylation sites (N-methyl/N-ethyl adjacent to an activating group) is 1.